The minimum atomic E-state index is -0.473. The Morgan fingerprint density at radius 1 is 1.32 bits per heavy atom. The lowest BCUT2D eigenvalue weighted by Crippen LogP contribution is -2.03. The van der Waals surface area contributed by atoms with E-state index in [-0.39, 0.29) is 18.0 Å². The average molecular weight is 324 g/mol. The summed E-state index contributed by atoms with van der Waals surface area (Å²) < 4.78 is 5.44. The molecule has 1 aromatic carbocycles. The lowest BCUT2D eigenvalue weighted by atomic mass is 10.2. The Hall–Kier alpha value is -2.02. The van der Waals surface area contributed by atoms with Crippen LogP contribution in [0.15, 0.2) is 36.7 Å². The van der Waals surface area contributed by atoms with Gasteiger partial charge in [-0.1, -0.05) is 22.0 Å². The molecule has 0 fully saturated rings. The van der Waals surface area contributed by atoms with E-state index in [4.69, 9.17) is 4.74 Å². The van der Waals surface area contributed by atoms with Crippen LogP contribution in [0.4, 0.5) is 5.69 Å². The zero-order valence-electron chi connectivity index (χ0n) is 9.82. The summed E-state index contributed by atoms with van der Waals surface area (Å²) in [5, 5.41) is 11.5. The van der Waals surface area contributed by atoms with Crippen LogP contribution < -0.4 is 4.74 Å². The number of aromatic nitrogens is 2. The number of alkyl halides is 1. The molecule has 0 aliphatic heterocycles. The van der Waals surface area contributed by atoms with Crippen molar-refractivity contribution in [2.75, 3.05) is 0 Å². The van der Waals surface area contributed by atoms with Crippen LogP contribution in [-0.4, -0.2) is 14.9 Å². The van der Waals surface area contributed by atoms with Crippen molar-refractivity contribution in [3.05, 3.63) is 58.2 Å². The maximum Gasteiger partial charge on any atom is 0.310 e. The topological polar surface area (TPSA) is 78.2 Å². The van der Waals surface area contributed by atoms with Crippen LogP contribution in [0.3, 0.4) is 0 Å². The number of hydrogen-bond donors (Lipinski definition) is 0. The molecule has 0 aliphatic carbocycles. The highest BCUT2D eigenvalue weighted by Gasteiger charge is 2.15. The summed E-state index contributed by atoms with van der Waals surface area (Å²) in [4.78, 5) is 18.4. The first-order valence-corrected chi connectivity index (χ1v) is 6.55. The molecule has 7 heteroatoms. The van der Waals surface area contributed by atoms with Crippen LogP contribution >= 0.6 is 15.9 Å². The molecular weight excluding hydrogens is 314 g/mol. The fourth-order valence-corrected chi connectivity index (χ4v) is 1.80. The van der Waals surface area contributed by atoms with Crippen LogP contribution in [0.5, 0.6) is 5.75 Å². The van der Waals surface area contributed by atoms with E-state index in [0.717, 1.165) is 5.56 Å². The Labute approximate surface area is 117 Å². The first kappa shape index (κ1) is 13.4. The molecular formula is C12H10BrN3O3. The van der Waals surface area contributed by atoms with Gasteiger partial charge in [0.15, 0.2) is 11.6 Å². The van der Waals surface area contributed by atoms with E-state index in [1.807, 2.05) is 0 Å². The standard InChI is InChI=1S/C12H10BrN3O3/c13-7-9-2-3-10(16(17)18)11(6-9)19-8-12-14-4-1-5-15-12/h1-6H,7-8H2. The summed E-state index contributed by atoms with van der Waals surface area (Å²) in [6.45, 7) is 0.0907. The van der Waals surface area contributed by atoms with Gasteiger partial charge >= 0.3 is 5.69 Å². The molecule has 0 atom stereocenters. The van der Waals surface area contributed by atoms with Gasteiger partial charge in [-0.15, -0.1) is 0 Å². The summed E-state index contributed by atoms with van der Waals surface area (Å²) in [6, 6.07) is 6.43. The van der Waals surface area contributed by atoms with Crippen molar-refractivity contribution < 1.29 is 9.66 Å². The molecule has 0 saturated carbocycles. The number of nitro benzene ring substituents is 1. The largest absolute Gasteiger partial charge is 0.479 e. The van der Waals surface area contributed by atoms with Gasteiger partial charge in [0.1, 0.15) is 6.61 Å². The lowest BCUT2D eigenvalue weighted by Gasteiger charge is -2.07. The Balaban J connectivity index is 2.20. The highest BCUT2D eigenvalue weighted by molar-refractivity contribution is 9.08. The first-order chi connectivity index (χ1) is 9.20. The van der Waals surface area contributed by atoms with Crippen LogP contribution in [0.25, 0.3) is 0 Å². The monoisotopic (exact) mass is 323 g/mol. The minimum absolute atomic E-state index is 0.0689. The Morgan fingerprint density at radius 3 is 2.68 bits per heavy atom. The van der Waals surface area contributed by atoms with Gasteiger partial charge in [0.2, 0.25) is 0 Å². The van der Waals surface area contributed by atoms with Gasteiger partial charge in [-0.3, -0.25) is 10.1 Å². The zero-order valence-corrected chi connectivity index (χ0v) is 11.4. The molecule has 0 radical (unpaired) electrons. The van der Waals surface area contributed by atoms with Crippen LogP contribution in [0, 0.1) is 10.1 Å². The summed E-state index contributed by atoms with van der Waals surface area (Å²) in [6.07, 6.45) is 3.18. The molecule has 19 heavy (non-hydrogen) atoms. The molecule has 2 rings (SSSR count). The highest BCUT2D eigenvalue weighted by Crippen LogP contribution is 2.29. The van der Waals surface area contributed by atoms with E-state index in [1.54, 1.807) is 30.6 Å². The summed E-state index contributed by atoms with van der Waals surface area (Å²) >= 11 is 3.30. The van der Waals surface area contributed by atoms with Crippen molar-refractivity contribution in [2.45, 2.75) is 11.9 Å². The van der Waals surface area contributed by atoms with E-state index in [9.17, 15) is 10.1 Å². The molecule has 6 nitrogen and oxygen atoms in total. The molecule has 0 aliphatic rings. The SMILES string of the molecule is O=[N+]([O-])c1ccc(CBr)cc1OCc1ncccn1. The molecule has 1 aromatic heterocycles. The smallest absolute Gasteiger partial charge is 0.310 e. The fourth-order valence-electron chi connectivity index (χ4n) is 1.45. The van der Waals surface area contributed by atoms with E-state index in [0.29, 0.717) is 11.2 Å². The van der Waals surface area contributed by atoms with E-state index in [1.165, 1.54) is 6.07 Å². The number of nitrogens with zero attached hydrogens (tertiary/aromatic N) is 3. The molecule has 2 aromatic rings. The third-order valence-corrected chi connectivity index (χ3v) is 3.00. The number of hydrogen-bond acceptors (Lipinski definition) is 5. The summed E-state index contributed by atoms with van der Waals surface area (Å²) in [5.41, 5.74) is 0.829. The third kappa shape index (κ3) is 3.47. The molecule has 0 unspecified atom stereocenters. The van der Waals surface area contributed by atoms with E-state index in [2.05, 4.69) is 25.9 Å². The highest BCUT2D eigenvalue weighted by atomic mass is 79.9. The summed E-state index contributed by atoms with van der Waals surface area (Å²) in [5.74, 6) is 0.690. The molecule has 0 spiro atoms. The number of nitro groups is 1. The van der Waals surface area contributed by atoms with Crippen LogP contribution in [0.1, 0.15) is 11.4 Å². The van der Waals surface area contributed by atoms with Gasteiger partial charge in [0.05, 0.1) is 4.92 Å². The van der Waals surface area contributed by atoms with Gasteiger partial charge in [-0.25, -0.2) is 9.97 Å². The van der Waals surface area contributed by atoms with Crippen LogP contribution in [0.2, 0.25) is 0 Å². The van der Waals surface area contributed by atoms with E-state index < -0.39 is 4.92 Å². The molecule has 0 N–H and O–H groups in total. The fraction of sp³-hybridized carbons (Fsp3) is 0.167. The second-order valence-electron chi connectivity index (χ2n) is 3.65. The number of rotatable bonds is 5. The lowest BCUT2D eigenvalue weighted by molar-refractivity contribution is -0.386. The third-order valence-electron chi connectivity index (χ3n) is 2.35. The predicted molar refractivity (Wildman–Crippen MR) is 72.1 cm³/mol. The number of benzene rings is 1. The van der Waals surface area contributed by atoms with Crippen molar-refractivity contribution in [3.63, 3.8) is 0 Å². The zero-order chi connectivity index (χ0) is 13.7. The Bertz CT molecular complexity index is 578. The molecule has 1 heterocycles. The maximum absolute atomic E-state index is 10.9. The van der Waals surface area contributed by atoms with Crippen molar-refractivity contribution in [1.29, 1.82) is 0 Å². The van der Waals surface area contributed by atoms with Crippen molar-refractivity contribution >= 4 is 21.6 Å². The van der Waals surface area contributed by atoms with Crippen molar-refractivity contribution in [3.8, 4) is 5.75 Å². The van der Waals surface area contributed by atoms with Gasteiger partial charge < -0.3 is 4.74 Å². The Kier molecular flexibility index (Phi) is 4.40. The average Bonchev–Trinajstić information content (AvgIpc) is 2.45. The molecule has 98 valence electrons. The Morgan fingerprint density at radius 2 is 2.05 bits per heavy atom. The van der Waals surface area contributed by atoms with Gasteiger partial charge in [-0.05, 0) is 17.7 Å². The second kappa shape index (κ2) is 6.24. The van der Waals surface area contributed by atoms with Gasteiger partial charge in [-0.2, -0.15) is 0 Å². The van der Waals surface area contributed by atoms with E-state index >= 15 is 0 Å². The normalized spacial score (nSPS) is 10.2. The number of halogens is 1. The van der Waals surface area contributed by atoms with Crippen molar-refractivity contribution in [2.24, 2.45) is 0 Å². The number of ether oxygens (including phenoxy) is 1. The van der Waals surface area contributed by atoms with Gasteiger partial charge in [0, 0.05) is 23.8 Å². The maximum atomic E-state index is 10.9. The minimum Gasteiger partial charge on any atom is -0.479 e. The quantitative estimate of drug-likeness (QED) is 0.480. The molecule has 0 bridgehead atoms. The predicted octanol–water partition coefficient (Wildman–Crippen LogP) is 2.86. The molecule has 0 amide bonds. The second-order valence-corrected chi connectivity index (χ2v) is 4.21. The van der Waals surface area contributed by atoms with Gasteiger partial charge in [0.25, 0.3) is 0 Å². The van der Waals surface area contributed by atoms with Crippen molar-refractivity contribution in [1.82, 2.24) is 9.97 Å². The summed E-state index contributed by atoms with van der Waals surface area (Å²) in [7, 11) is 0. The first-order valence-electron chi connectivity index (χ1n) is 5.42. The van der Waals surface area contributed by atoms with Crippen LogP contribution in [-0.2, 0) is 11.9 Å². The molecule has 0 saturated heterocycles.